The topological polar surface area (TPSA) is 55.1 Å². The van der Waals surface area contributed by atoms with Crippen molar-refractivity contribution in [3.05, 3.63) is 24.3 Å². The summed E-state index contributed by atoms with van der Waals surface area (Å²) in [5.74, 6) is 4.48. The van der Waals surface area contributed by atoms with Crippen molar-refractivity contribution in [1.82, 2.24) is 5.43 Å². The van der Waals surface area contributed by atoms with Crippen LogP contribution in [-0.4, -0.2) is 5.91 Å². The highest BCUT2D eigenvalue weighted by Crippen LogP contribution is 1.74. The van der Waals surface area contributed by atoms with Crippen LogP contribution in [0.25, 0.3) is 0 Å². The van der Waals surface area contributed by atoms with Crippen LogP contribution in [0, 0.1) is 0 Å². The molecule has 0 aliphatic rings. The number of carbonyl (C=O) groups excluding carboxylic acids is 1. The largest absolute Gasteiger partial charge is 0.291 e. The van der Waals surface area contributed by atoms with Crippen LogP contribution in [0.1, 0.15) is 6.92 Å². The van der Waals surface area contributed by atoms with Crippen LogP contribution in [0.2, 0.25) is 0 Å². The Morgan fingerprint density at radius 3 is 2.67 bits per heavy atom. The lowest BCUT2D eigenvalue weighted by molar-refractivity contribution is -0.116. The van der Waals surface area contributed by atoms with Gasteiger partial charge in [-0.15, -0.1) is 0 Å². The molecule has 0 atom stereocenters. The zero-order valence-corrected chi connectivity index (χ0v) is 5.29. The molecule has 3 N–H and O–H groups in total. The van der Waals surface area contributed by atoms with E-state index < -0.39 is 0 Å². The quantitative estimate of drug-likeness (QED) is 0.181. The Bertz CT molecular complexity index is 138. The van der Waals surface area contributed by atoms with E-state index in [1.54, 1.807) is 12.2 Å². The smallest absolute Gasteiger partial charge is 0.257 e. The molecule has 3 nitrogen and oxygen atoms in total. The molecule has 0 saturated carbocycles. The molecule has 0 aliphatic heterocycles. The van der Waals surface area contributed by atoms with Crippen molar-refractivity contribution in [2.45, 2.75) is 6.92 Å². The van der Waals surface area contributed by atoms with Gasteiger partial charge in [0.1, 0.15) is 0 Å². The van der Waals surface area contributed by atoms with Crippen molar-refractivity contribution in [3.63, 3.8) is 0 Å². The van der Waals surface area contributed by atoms with E-state index in [1.165, 1.54) is 6.08 Å². The molecule has 0 bridgehead atoms. The Balaban J connectivity index is 3.57. The van der Waals surface area contributed by atoms with E-state index in [2.05, 4.69) is 0 Å². The van der Waals surface area contributed by atoms with E-state index in [-0.39, 0.29) is 5.91 Å². The predicted molar refractivity (Wildman–Crippen MR) is 36.3 cm³/mol. The molecule has 1 amide bonds. The second-order valence-corrected chi connectivity index (χ2v) is 1.39. The molecule has 3 heteroatoms. The van der Waals surface area contributed by atoms with Gasteiger partial charge in [-0.2, -0.15) is 0 Å². The van der Waals surface area contributed by atoms with Gasteiger partial charge >= 0.3 is 0 Å². The number of hydrazine groups is 1. The summed E-state index contributed by atoms with van der Waals surface area (Å²) in [7, 11) is 0. The third-order valence-electron chi connectivity index (χ3n) is 0.693. The van der Waals surface area contributed by atoms with Gasteiger partial charge in [-0.3, -0.25) is 10.2 Å². The van der Waals surface area contributed by atoms with Gasteiger partial charge < -0.3 is 0 Å². The van der Waals surface area contributed by atoms with Crippen LogP contribution in [0.15, 0.2) is 24.3 Å². The van der Waals surface area contributed by atoms with Gasteiger partial charge in [-0.05, 0) is 6.92 Å². The third kappa shape index (κ3) is 4.77. The zero-order chi connectivity index (χ0) is 7.11. The van der Waals surface area contributed by atoms with Crippen LogP contribution >= 0.6 is 0 Å². The molecule has 0 heterocycles. The van der Waals surface area contributed by atoms with E-state index in [1.807, 2.05) is 18.4 Å². The molecule has 50 valence electrons. The molecule has 9 heavy (non-hydrogen) atoms. The maximum atomic E-state index is 10.3. The van der Waals surface area contributed by atoms with Crippen molar-refractivity contribution in [3.8, 4) is 0 Å². The maximum absolute atomic E-state index is 10.3. The van der Waals surface area contributed by atoms with E-state index in [0.29, 0.717) is 0 Å². The fraction of sp³-hybridized carbons (Fsp3) is 0.167. The van der Waals surface area contributed by atoms with E-state index in [9.17, 15) is 4.79 Å². The molecular formula is C6H10N2O. The number of nitrogens with one attached hydrogen (secondary N) is 1. The third-order valence-corrected chi connectivity index (χ3v) is 0.693. The molecule has 0 saturated heterocycles. The average Bonchev–Trinajstić information content (AvgIpc) is 1.89. The maximum Gasteiger partial charge on any atom is 0.257 e. The summed E-state index contributed by atoms with van der Waals surface area (Å²) in [6.45, 7) is 1.87. The Morgan fingerprint density at radius 1 is 1.56 bits per heavy atom. The molecule has 0 aliphatic carbocycles. The first-order valence-electron chi connectivity index (χ1n) is 2.61. The average molecular weight is 126 g/mol. The second kappa shape index (κ2) is 5.05. The number of amides is 1. The summed E-state index contributed by atoms with van der Waals surface area (Å²) in [6, 6.07) is 0. The Labute approximate surface area is 54.2 Å². The SMILES string of the molecule is C/C=C/C=C/C(=O)NN. The van der Waals surface area contributed by atoms with Crippen molar-refractivity contribution in [2.24, 2.45) is 5.84 Å². The van der Waals surface area contributed by atoms with Gasteiger partial charge in [0.05, 0.1) is 0 Å². The summed E-state index contributed by atoms with van der Waals surface area (Å²) >= 11 is 0. The summed E-state index contributed by atoms with van der Waals surface area (Å²) < 4.78 is 0. The van der Waals surface area contributed by atoms with Crippen molar-refractivity contribution < 1.29 is 4.79 Å². The lowest BCUT2D eigenvalue weighted by Crippen LogP contribution is -2.27. The molecule has 0 spiro atoms. The molecule has 0 rings (SSSR count). The number of allylic oxidation sites excluding steroid dienone is 3. The van der Waals surface area contributed by atoms with Crippen LogP contribution in [0.4, 0.5) is 0 Å². The molecule has 0 unspecified atom stereocenters. The molecular weight excluding hydrogens is 116 g/mol. The first-order chi connectivity index (χ1) is 4.31. The number of carbonyl (C=O) groups is 1. The highest BCUT2D eigenvalue weighted by Gasteiger charge is 1.82. The van der Waals surface area contributed by atoms with Gasteiger partial charge in [0.25, 0.3) is 5.91 Å². The van der Waals surface area contributed by atoms with Crippen molar-refractivity contribution in [1.29, 1.82) is 0 Å². The van der Waals surface area contributed by atoms with Gasteiger partial charge in [0.15, 0.2) is 0 Å². The summed E-state index contributed by atoms with van der Waals surface area (Å²) in [5, 5.41) is 0. The first-order valence-corrected chi connectivity index (χ1v) is 2.61. The normalized spacial score (nSPS) is 10.9. The minimum absolute atomic E-state index is 0.298. The summed E-state index contributed by atoms with van der Waals surface area (Å²) in [4.78, 5) is 10.3. The summed E-state index contributed by atoms with van der Waals surface area (Å²) in [5.41, 5.74) is 1.96. The van der Waals surface area contributed by atoms with E-state index in [0.717, 1.165) is 0 Å². The molecule has 0 fully saturated rings. The van der Waals surface area contributed by atoms with Gasteiger partial charge in [0.2, 0.25) is 0 Å². The van der Waals surface area contributed by atoms with E-state index in [4.69, 9.17) is 5.84 Å². The van der Waals surface area contributed by atoms with Crippen LogP contribution < -0.4 is 11.3 Å². The number of nitrogens with two attached hydrogens (primary N) is 1. The lowest BCUT2D eigenvalue weighted by atomic mass is 10.4. The Kier molecular flexibility index (Phi) is 4.44. The van der Waals surface area contributed by atoms with Crippen molar-refractivity contribution in [2.75, 3.05) is 0 Å². The van der Waals surface area contributed by atoms with Crippen LogP contribution in [0.5, 0.6) is 0 Å². The standard InChI is InChI=1S/C6H10N2O/c1-2-3-4-5-6(9)8-7/h2-5H,7H2,1H3,(H,8,9)/b3-2+,5-4+. The Hall–Kier alpha value is -1.09. The molecule has 0 radical (unpaired) electrons. The number of hydrogen-bond donors (Lipinski definition) is 2. The summed E-state index contributed by atoms with van der Waals surface area (Å²) in [6.07, 6.45) is 6.53. The fourth-order valence-electron chi connectivity index (χ4n) is 0.302. The second-order valence-electron chi connectivity index (χ2n) is 1.39. The Morgan fingerprint density at radius 2 is 2.22 bits per heavy atom. The van der Waals surface area contributed by atoms with Gasteiger partial charge in [0, 0.05) is 6.08 Å². The first kappa shape index (κ1) is 7.91. The predicted octanol–water partition coefficient (Wildman–Crippen LogP) is 0.109. The molecule has 0 aromatic carbocycles. The van der Waals surface area contributed by atoms with Crippen molar-refractivity contribution >= 4 is 5.91 Å². The van der Waals surface area contributed by atoms with Gasteiger partial charge in [-0.1, -0.05) is 18.2 Å². The van der Waals surface area contributed by atoms with Crippen LogP contribution in [0.3, 0.4) is 0 Å². The van der Waals surface area contributed by atoms with Crippen LogP contribution in [-0.2, 0) is 4.79 Å². The number of hydrogen-bond acceptors (Lipinski definition) is 2. The highest BCUT2D eigenvalue weighted by atomic mass is 16.2. The minimum atomic E-state index is -0.298. The molecule has 0 aromatic heterocycles. The minimum Gasteiger partial charge on any atom is -0.291 e. The fourth-order valence-corrected chi connectivity index (χ4v) is 0.302. The number of rotatable bonds is 2. The lowest BCUT2D eigenvalue weighted by Gasteiger charge is -1.85. The molecule has 0 aromatic rings. The monoisotopic (exact) mass is 126 g/mol. The van der Waals surface area contributed by atoms with E-state index >= 15 is 0 Å². The highest BCUT2D eigenvalue weighted by molar-refractivity contribution is 5.87. The van der Waals surface area contributed by atoms with Gasteiger partial charge in [-0.25, -0.2) is 5.84 Å². The zero-order valence-electron chi connectivity index (χ0n) is 5.29.